The van der Waals surface area contributed by atoms with Crippen molar-refractivity contribution >= 4 is 5.91 Å². The molecule has 3 N–H and O–H groups in total. The number of carbonyl (C=O) groups is 1. The predicted octanol–water partition coefficient (Wildman–Crippen LogP) is 1.38. The summed E-state index contributed by atoms with van der Waals surface area (Å²) >= 11 is 0. The third-order valence-electron chi connectivity index (χ3n) is 3.85. The number of rotatable bonds is 3. The molecule has 1 amide bonds. The average Bonchev–Trinajstić information content (AvgIpc) is 2.68. The molecule has 1 heterocycles. The van der Waals surface area contributed by atoms with Crippen LogP contribution in [0.1, 0.15) is 29.8 Å². The molecule has 1 fully saturated rings. The first-order valence-electron chi connectivity index (χ1n) is 6.43. The van der Waals surface area contributed by atoms with Crippen molar-refractivity contribution in [1.29, 1.82) is 0 Å². The summed E-state index contributed by atoms with van der Waals surface area (Å²) in [6.45, 7) is 7.57. The van der Waals surface area contributed by atoms with Crippen LogP contribution in [0.5, 0.6) is 0 Å². The summed E-state index contributed by atoms with van der Waals surface area (Å²) in [7, 11) is 0. The number of hydrogen-bond donors (Lipinski definition) is 2. The van der Waals surface area contributed by atoms with Crippen LogP contribution in [-0.2, 0) is 6.54 Å². The highest BCUT2D eigenvalue weighted by Gasteiger charge is 2.26. The van der Waals surface area contributed by atoms with E-state index in [2.05, 4.69) is 24.2 Å². The maximum Gasteiger partial charge on any atom is 0.265 e. The molecule has 2 atom stereocenters. The second kappa shape index (κ2) is 5.50. The molecule has 2 unspecified atom stereocenters. The molecular weight excluding hydrogens is 226 g/mol. The Morgan fingerprint density at radius 1 is 1.33 bits per heavy atom. The van der Waals surface area contributed by atoms with Crippen LogP contribution >= 0.6 is 0 Å². The van der Waals surface area contributed by atoms with Crippen LogP contribution in [0.2, 0.25) is 0 Å². The third-order valence-corrected chi connectivity index (χ3v) is 3.85. The van der Waals surface area contributed by atoms with E-state index in [1.807, 2.05) is 24.3 Å². The molecule has 1 aliphatic rings. The van der Waals surface area contributed by atoms with Crippen LogP contribution in [0.4, 0.5) is 0 Å². The van der Waals surface area contributed by atoms with Gasteiger partial charge in [0.2, 0.25) is 0 Å². The molecule has 1 saturated heterocycles. The molecule has 1 aromatic rings. The van der Waals surface area contributed by atoms with Gasteiger partial charge in [-0.2, -0.15) is 0 Å². The largest absolute Gasteiger partial charge is 0.299 e. The topological polar surface area (TPSA) is 58.4 Å². The highest BCUT2D eigenvalue weighted by molar-refractivity contribution is 5.95. The minimum absolute atomic E-state index is 0.217. The molecule has 0 spiro atoms. The van der Waals surface area contributed by atoms with Gasteiger partial charge < -0.3 is 0 Å². The Balaban J connectivity index is 2.12. The average molecular weight is 247 g/mol. The predicted molar refractivity (Wildman–Crippen MR) is 71.7 cm³/mol. The Hall–Kier alpha value is -1.39. The Kier molecular flexibility index (Phi) is 3.99. The van der Waals surface area contributed by atoms with Gasteiger partial charge >= 0.3 is 0 Å². The van der Waals surface area contributed by atoms with Crippen molar-refractivity contribution in [2.24, 2.45) is 17.7 Å². The fourth-order valence-electron chi connectivity index (χ4n) is 2.58. The molecular formula is C14H21N3O. The summed E-state index contributed by atoms with van der Waals surface area (Å²) in [5.41, 5.74) is 3.92. The monoisotopic (exact) mass is 247 g/mol. The zero-order valence-corrected chi connectivity index (χ0v) is 11.0. The second-order valence-corrected chi connectivity index (χ2v) is 5.28. The van der Waals surface area contributed by atoms with Crippen LogP contribution in [0.3, 0.4) is 0 Å². The van der Waals surface area contributed by atoms with E-state index in [0.29, 0.717) is 5.56 Å². The molecule has 4 heteroatoms. The lowest BCUT2D eigenvalue weighted by Gasteiger charge is -2.17. The van der Waals surface area contributed by atoms with Crippen molar-refractivity contribution in [2.75, 3.05) is 13.1 Å². The zero-order chi connectivity index (χ0) is 13.1. The summed E-state index contributed by atoms with van der Waals surface area (Å²) in [5, 5.41) is 0. The van der Waals surface area contributed by atoms with Gasteiger partial charge in [0.1, 0.15) is 0 Å². The molecule has 1 aromatic carbocycles. The molecule has 0 radical (unpaired) electrons. The van der Waals surface area contributed by atoms with Crippen LogP contribution in [0.25, 0.3) is 0 Å². The lowest BCUT2D eigenvalue weighted by molar-refractivity contribution is 0.0952. The number of amides is 1. The minimum atomic E-state index is -0.217. The Labute approximate surface area is 108 Å². The number of likely N-dealkylation sites (tertiary alicyclic amines) is 1. The zero-order valence-electron chi connectivity index (χ0n) is 11.0. The van der Waals surface area contributed by atoms with Crippen molar-refractivity contribution in [3.05, 3.63) is 35.4 Å². The van der Waals surface area contributed by atoms with E-state index in [4.69, 9.17) is 5.84 Å². The molecule has 18 heavy (non-hydrogen) atoms. The number of nitrogens with zero attached hydrogens (tertiary/aromatic N) is 1. The molecule has 4 nitrogen and oxygen atoms in total. The van der Waals surface area contributed by atoms with Crippen LogP contribution in [0.15, 0.2) is 24.3 Å². The standard InChI is InChI=1S/C14H21N3O/c1-10-7-17(8-11(10)2)9-12-5-3-4-6-13(12)14(18)16-15/h3-6,10-11H,7-9,15H2,1-2H3,(H,16,18). The van der Waals surface area contributed by atoms with Gasteiger partial charge in [-0.25, -0.2) is 5.84 Å². The number of hydrogen-bond acceptors (Lipinski definition) is 3. The van der Waals surface area contributed by atoms with Gasteiger partial charge in [-0.3, -0.25) is 15.1 Å². The first-order valence-corrected chi connectivity index (χ1v) is 6.43. The molecule has 98 valence electrons. The van der Waals surface area contributed by atoms with E-state index >= 15 is 0 Å². The number of nitrogen functional groups attached to an aromatic ring is 1. The van der Waals surface area contributed by atoms with E-state index in [9.17, 15) is 4.79 Å². The summed E-state index contributed by atoms with van der Waals surface area (Å²) in [6, 6.07) is 7.65. The lowest BCUT2D eigenvalue weighted by Crippen LogP contribution is -2.31. The second-order valence-electron chi connectivity index (χ2n) is 5.28. The highest BCUT2D eigenvalue weighted by Crippen LogP contribution is 2.24. The summed E-state index contributed by atoms with van der Waals surface area (Å²) < 4.78 is 0. The molecule has 0 bridgehead atoms. The fraction of sp³-hybridized carbons (Fsp3) is 0.500. The number of benzene rings is 1. The normalized spacial score (nSPS) is 24.2. The van der Waals surface area contributed by atoms with Crippen molar-refractivity contribution < 1.29 is 4.79 Å². The SMILES string of the molecule is CC1CN(Cc2ccccc2C(=O)NN)CC1C. The lowest BCUT2D eigenvalue weighted by atomic mass is 10.0. The van der Waals surface area contributed by atoms with E-state index in [0.717, 1.165) is 37.0 Å². The summed E-state index contributed by atoms with van der Waals surface area (Å²) in [4.78, 5) is 14.1. The molecule has 1 aliphatic heterocycles. The number of hydrazine groups is 1. The maximum atomic E-state index is 11.7. The Morgan fingerprint density at radius 2 is 1.94 bits per heavy atom. The van der Waals surface area contributed by atoms with Gasteiger partial charge in [-0.05, 0) is 23.5 Å². The van der Waals surface area contributed by atoms with Crippen LogP contribution in [0, 0.1) is 11.8 Å². The van der Waals surface area contributed by atoms with Gasteiger partial charge in [-0.15, -0.1) is 0 Å². The van der Waals surface area contributed by atoms with Crippen molar-refractivity contribution in [3.63, 3.8) is 0 Å². The number of nitrogens with one attached hydrogen (secondary N) is 1. The van der Waals surface area contributed by atoms with Crippen molar-refractivity contribution in [1.82, 2.24) is 10.3 Å². The minimum Gasteiger partial charge on any atom is -0.299 e. The van der Waals surface area contributed by atoms with E-state index in [-0.39, 0.29) is 5.91 Å². The van der Waals surface area contributed by atoms with Gasteiger partial charge in [-0.1, -0.05) is 32.0 Å². The van der Waals surface area contributed by atoms with Crippen molar-refractivity contribution in [2.45, 2.75) is 20.4 Å². The van der Waals surface area contributed by atoms with Gasteiger partial charge in [0.15, 0.2) is 0 Å². The Bertz CT molecular complexity index is 423. The van der Waals surface area contributed by atoms with Gasteiger partial charge in [0, 0.05) is 25.2 Å². The fourth-order valence-corrected chi connectivity index (χ4v) is 2.58. The summed E-state index contributed by atoms with van der Waals surface area (Å²) in [5.74, 6) is 6.44. The van der Waals surface area contributed by atoms with Crippen LogP contribution in [-0.4, -0.2) is 23.9 Å². The van der Waals surface area contributed by atoms with Crippen LogP contribution < -0.4 is 11.3 Å². The summed E-state index contributed by atoms with van der Waals surface area (Å²) in [6.07, 6.45) is 0. The molecule has 0 saturated carbocycles. The number of nitrogens with two attached hydrogens (primary N) is 1. The third kappa shape index (κ3) is 2.71. The van der Waals surface area contributed by atoms with Gasteiger partial charge in [0.25, 0.3) is 5.91 Å². The van der Waals surface area contributed by atoms with Gasteiger partial charge in [0.05, 0.1) is 0 Å². The van der Waals surface area contributed by atoms with E-state index in [1.54, 1.807) is 0 Å². The first-order chi connectivity index (χ1) is 8.61. The first kappa shape index (κ1) is 13.1. The van der Waals surface area contributed by atoms with Crippen molar-refractivity contribution in [3.8, 4) is 0 Å². The highest BCUT2D eigenvalue weighted by atomic mass is 16.2. The number of carbonyl (C=O) groups excluding carboxylic acids is 1. The molecule has 0 aliphatic carbocycles. The smallest absolute Gasteiger partial charge is 0.265 e. The Morgan fingerprint density at radius 3 is 2.56 bits per heavy atom. The maximum absolute atomic E-state index is 11.7. The molecule has 2 rings (SSSR count). The van der Waals surface area contributed by atoms with E-state index in [1.165, 1.54) is 0 Å². The quantitative estimate of drug-likeness (QED) is 0.482. The molecule has 0 aromatic heterocycles. The van der Waals surface area contributed by atoms with E-state index < -0.39 is 0 Å².